The Balaban J connectivity index is 0.00000169. The Bertz CT molecular complexity index is 681. The number of hydrogen-bond acceptors (Lipinski definition) is 2. The number of nitrogens with one attached hydrogen (secondary N) is 1. The Morgan fingerprint density at radius 1 is 0.958 bits per heavy atom. The highest BCUT2D eigenvalue weighted by molar-refractivity contribution is 6.04. The van der Waals surface area contributed by atoms with E-state index in [-0.39, 0.29) is 18.3 Å². The Hall–Kier alpha value is -1.84. The summed E-state index contributed by atoms with van der Waals surface area (Å²) >= 11 is 0. The van der Waals surface area contributed by atoms with Crippen molar-refractivity contribution in [2.45, 2.75) is 31.2 Å². The summed E-state index contributed by atoms with van der Waals surface area (Å²) in [5.41, 5.74) is 2.95. The first-order valence-corrected chi connectivity index (χ1v) is 8.52. The number of amides is 1. The summed E-state index contributed by atoms with van der Waals surface area (Å²) < 4.78 is 0. The van der Waals surface area contributed by atoms with E-state index in [2.05, 4.69) is 22.3 Å². The van der Waals surface area contributed by atoms with Gasteiger partial charge in [0.15, 0.2) is 0 Å². The molecule has 1 aliphatic heterocycles. The highest BCUT2D eigenvalue weighted by atomic mass is 35.5. The molecule has 0 aromatic heterocycles. The lowest BCUT2D eigenvalue weighted by Crippen LogP contribution is -2.22. The number of benzene rings is 2. The molecule has 2 aliphatic rings. The van der Waals surface area contributed by atoms with Crippen LogP contribution in [0.25, 0.3) is 0 Å². The average Bonchev–Trinajstić information content (AvgIpc) is 3.21. The molecule has 3 nitrogen and oxygen atoms in total. The summed E-state index contributed by atoms with van der Waals surface area (Å²) in [4.78, 5) is 14.8. The first kappa shape index (κ1) is 17.0. The minimum atomic E-state index is -0.0558. The first-order chi connectivity index (χ1) is 11.3. The van der Waals surface area contributed by atoms with Crippen molar-refractivity contribution < 1.29 is 4.79 Å². The predicted molar refractivity (Wildman–Crippen MR) is 100 cm³/mol. The second-order valence-electron chi connectivity index (χ2n) is 6.59. The number of hydrogen-bond donors (Lipinski definition) is 1. The number of likely N-dealkylation sites (tertiary alicyclic amines) is 1. The summed E-state index contributed by atoms with van der Waals surface area (Å²) in [7, 11) is 0. The van der Waals surface area contributed by atoms with Gasteiger partial charge in [-0.15, -0.1) is 12.4 Å². The maximum Gasteiger partial charge on any atom is 0.255 e. The lowest BCUT2D eigenvalue weighted by molar-refractivity contribution is 0.102. The van der Waals surface area contributed by atoms with Gasteiger partial charge in [0, 0.05) is 23.2 Å². The second kappa shape index (κ2) is 7.37. The van der Waals surface area contributed by atoms with E-state index in [4.69, 9.17) is 0 Å². The minimum Gasteiger partial charge on any atom is -0.322 e. The lowest BCUT2D eigenvalue weighted by atomic mass is 10.1. The monoisotopic (exact) mass is 342 g/mol. The molecule has 1 N–H and O–H groups in total. The smallest absolute Gasteiger partial charge is 0.255 e. The molecule has 2 fully saturated rings. The van der Waals surface area contributed by atoms with Gasteiger partial charge in [0.2, 0.25) is 0 Å². The molecule has 2 aromatic carbocycles. The quantitative estimate of drug-likeness (QED) is 0.897. The number of rotatable bonds is 4. The standard InChI is InChI=1S/C20H22N2O.ClH/c23-20(16-6-2-1-3-7-16)21-17-10-8-15(9-11-17)18-14-19(18)22-12-4-5-13-22;/h1-3,6-11,18-19H,4-5,12-14H2,(H,21,23);1H/t18-,19+;/m0./s1. The van der Waals surface area contributed by atoms with Crippen LogP contribution >= 0.6 is 12.4 Å². The molecule has 0 spiro atoms. The van der Waals surface area contributed by atoms with Gasteiger partial charge in [0.1, 0.15) is 0 Å². The van der Waals surface area contributed by atoms with Gasteiger partial charge in [-0.2, -0.15) is 0 Å². The molecule has 1 aliphatic carbocycles. The van der Waals surface area contributed by atoms with Crippen molar-refractivity contribution in [2.24, 2.45) is 0 Å². The van der Waals surface area contributed by atoms with Gasteiger partial charge in [-0.05, 0) is 62.2 Å². The van der Waals surface area contributed by atoms with E-state index >= 15 is 0 Å². The summed E-state index contributed by atoms with van der Waals surface area (Å²) in [5.74, 6) is 0.631. The zero-order chi connectivity index (χ0) is 15.6. The zero-order valence-electron chi connectivity index (χ0n) is 13.7. The summed E-state index contributed by atoms with van der Waals surface area (Å²) in [6, 6.07) is 18.5. The lowest BCUT2D eigenvalue weighted by Gasteiger charge is -2.14. The van der Waals surface area contributed by atoms with Gasteiger partial charge < -0.3 is 5.32 Å². The molecule has 0 unspecified atom stereocenters. The fourth-order valence-corrected chi connectivity index (χ4v) is 3.62. The molecule has 0 radical (unpaired) electrons. The van der Waals surface area contributed by atoms with E-state index in [0.29, 0.717) is 11.5 Å². The highest BCUT2D eigenvalue weighted by Crippen LogP contribution is 2.45. The molecule has 0 bridgehead atoms. The van der Waals surface area contributed by atoms with E-state index in [0.717, 1.165) is 11.7 Å². The van der Waals surface area contributed by atoms with Crippen LogP contribution < -0.4 is 5.32 Å². The van der Waals surface area contributed by atoms with Crippen molar-refractivity contribution in [3.8, 4) is 0 Å². The van der Waals surface area contributed by atoms with Gasteiger partial charge in [0.25, 0.3) is 5.91 Å². The zero-order valence-corrected chi connectivity index (χ0v) is 14.5. The summed E-state index contributed by atoms with van der Waals surface area (Å²) in [5, 5.41) is 2.96. The van der Waals surface area contributed by atoms with Crippen LogP contribution in [0.1, 0.15) is 41.1 Å². The first-order valence-electron chi connectivity index (χ1n) is 8.52. The van der Waals surface area contributed by atoms with E-state index < -0.39 is 0 Å². The van der Waals surface area contributed by atoms with Crippen molar-refractivity contribution in [2.75, 3.05) is 18.4 Å². The largest absolute Gasteiger partial charge is 0.322 e. The number of carbonyl (C=O) groups excluding carboxylic acids is 1. The van der Waals surface area contributed by atoms with Crippen molar-refractivity contribution >= 4 is 24.0 Å². The van der Waals surface area contributed by atoms with Gasteiger partial charge in [-0.25, -0.2) is 0 Å². The SMILES string of the molecule is Cl.O=C(Nc1ccc([C@@H]2C[C@H]2N2CCCC2)cc1)c1ccccc1. The molecule has 4 heteroatoms. The van der Waals surface area contributed by atoms with E-state index in [1.807, 2.05) is 42.5 Å². The Morgan fingerprint density at radius 2 is 1.62 bits per heavy atom. The fourth-order valence-electron chi connectivity index (χ4n) is 3.62. The van der Waals surface area contributed by atoms with Crippen LogP contribution in [-0.2, 0) is 0 Å². The molecule has 24 heavy (non-hydrogen) atoms. The fraction of sp³-hybridized carbons (Fsp3) is 0.350. The Kier molecular flexibility index (Phi) is 5.22. The normalized spacial score (nSPS) is 22.7. The average molecular weight is 343 g/mol. The van der Waals surface area contributed by atoms with Crippen molar-refractivity contribution in [1.29, 1.82) is 0 Å². The van der Waals surface area contributed by atoms with Gasteiger partial charge in [0.05, 0.1) is 0 Å². The van der Waals surface area contributed by atoms with E-state index in [1.54, 1.807) is 0 Å². The third kappa shape index (κ3) is 3.63. The molecular weight excluding hydrogens is 320 g/mol. The van der Waals surface area contributed by atoms with Crippen LogP contribution in [-0.4, -0.2) is 29.9 Å². The summed E-state index contributed by atoms with van der Waals surface area (Å²) in [6.07, 6.45) is 4.00. The molecule has 2 aromatic rings. The minimum absolute atomic E-state index is 0. The van der Waals surface area contributed by atoms with E-state index in [1.165, 1.54) is 37.9 Å². The van der Waals surface area contributed by atoms with Crippen LogP contribution in [0.5, 0.6) is 0 Å². The molecule has 126 valence electrons. The highest BCUT2D eigenvalue weighted by Gasteiger charge is 2.43. The van der Waals surface area contributed by atoms with Crippen LogP contribution in [0.15, 0.2) is 54.6 Å². The molecule has 1 amide bonds. The van der Waals surface area contributed by atoms with Crippen molar-refractivity contribution in [1.82, 2.24) is 4.90 Å². The van der Waals surface area contributed by atoms with Crippen LogP contribution in [0.4, 0.5) is 5.69 Å². The van der Waals surface area contributed by atoms with Crippen molar-refractivity contribution in [3.63, 3.8) is 0 Å². The van der Waals surface area contributed by atoms with E-state index in [9.17, 15) is 4.79 Å². The van der Waals surface area contributed by atoms with Crippen LogP contribution in [0, 0.1) is 0 Å². The maximum absolute atomic E-state index is 12.2. The predicted octanol–water partition coefficient (Wildman–Crippen LogP) is 4.31. The third-order valence-corrected chi connectivity index (χ3v) is 5.00. The topological polar surface area (TPSA) is 32.3 Å². The third-order valence-electron chi connectivity index (χ3n) is 5.00. The van der Waals surface area contributed by atoms with Gasteiger partial charge in [-0.3, -0.25) is 9.69 Å². The van der Waals surface area contributed by atoms with Crippen LogP contribution in [0.2, 0.25) is 0 Å². The maximum atomic E-state index is 12.2. The molecule has 1 saturated carbocycles. The Morgan fingerprint density at radius 3 is 2.29 bits per heavy atom. The number of carbonyl (C=O) groups is 1. The van der Waals surface area contributed by atoms with Gasteiger partial charge in [-0.1, -0.05) is 30.3 Å². The Labute approximate surface area is 149 Å². The number of anilines is 1. The van der Waals surface area contributed by atoms with Crippen LogP contribution in [0.3, 0.4) is 0 Å². The number of halogens is 1. The summed E-state index contributed by atoms with van der Waals surface area (Å²) in [6.45, 7) is 2.54. The molecular formula is C20H23ClN2O. The molecule has 2 atom stereocenters. The molecule has 1 saturated heterocycles. The number of nitrogens with zero attached hydrogens (tertiary/aromatic N) is 1. The van der Waals surface area contributed by atoms with Gasteiger partial charge >= 0.3 is 0 Å². The van der Waals surface area contributed by atoms with Crippen molar-refractivity contribution in [3.05, 3.63) is 65.7 Å². The molecule has 4 rings (SSSR count). The molecule has 1 heterocycles. The second-order valence-corrected chi connectivity index (χ2v) is 6.59.